The van der Waals surface area contributed by atoms with Gasteiger partial charge >= 0.3 is 12.1 Å². The van der Waals surface area contributed by atoms with Gasteiger partial charge in [-0.1, -0.05) is 41.0 Å². The number of halogens is 1. The minimum Gasteiger partial charge on any atom is -0.481 e. The number of carbonyl (C=O) groups excluding carboxylic acids is 1. The summed E-state index contributed by atoms with van der Waals surface area (Å²) in [6, 6.07) is 6.49. The molecule has 1 amide bonds. The molecular weight excluding hydrogens is 472 g/mol. The number of sulfone groups is 1. The Balaban J connectivity index is 1.64. The number of aromatic nitrogens is 1. The molecule has 1 heterocycles. The van der Waals surface area contributed by atoms with Crippen molar-refractivity contribution in [2.24, 2.45) is 0 Å². The molecule has 1 aromatic heterocycles. The van der Waals surface area contributed by atoms with E-state index in [0.717, 1.165) is 36.3 Å². The number of carboxylic acid groups (broad SMARTS) is 1. The fourth-order valence-corrected chi connectivity index (χ4v) is 5.26. The average molecular weight is 497 g/mol. The first kappa shape index (κ1) is 24.8. The SMILES string of the molecule is CC(OC(=O)Nc1conc1-c1ccc(CS(=O)(=O)CCC(=O)O)cc1)C1=C(Cl)CCCC1. The van der Waals surface area contributed by atoms with Crippen LogP contribution in [0, 0.1) is 0 Å². The molecule has 0 aliphatic heterocycles. The van der Waals surface area contributed by atoms with E-state index in [2.05, 4.69) is 10.5 Å². The van der Waals surface area contributed by atoms with E-state index in [1.807, 2.05) is 0 Å². The minimum atomic E-state index is -3.55. The van der Waals surface area contributed by atoms with E-state index < -0.39 is 40.2 Å². The molecule has 1 unspecified atom stereocenters. The van der Waals surface area contributed by atoms with Crippen molar-refractivity contribution in [1.29, 1.82) is 0 Å². The van der Waals surface area contributed by atoms with Gasteiger partial charge in [-0.3, -0.25) is 10.1 Å². The van der Waals surface area contributed by atoms with E-state index in [-0.39, 0.29) is 5.75 Å². The highest BCUT2D eigenvalue weighted by Gasteiger charge is 2.22. The van der Waals surface area contributed by atoms with Gasteiger partial charge in [0, 0.05) is 10.6 Å². The number of nitrogens with one attached hydrogen (secondary N) is 1. The van der Waals surface area contributed by atoms with Crippen LogP contribution in [0.25, 0.3) is 11.3 Å². The lowest BCUT2D eigenvalue weighted by Gasteiger charge is -2.22. The lowest BCUT2D eigenvalue weighted by molar-refractivity contribution is -0.136. The van der Waals surface area contributed by atoms with E-state index >= 15 is 0 Å². The molecule has 0 radical (unpaired) electrons. The molecule has 0 spiro atoms. The van der Waals surface area contributed by atoms with E-state index in [0.29, 0.717) is 22.5 Å². The van der Waals surface area contributed by atoms with Gasteiger partial charge in [-0.15, -0.1) is 0 Å². The Morgan fingerprint density at radius 2 is 1.94 bits per heavy atom. The van der Waals surface area contributed by atoms with Crippen LogP contribution in [0.15, 0.2) is 45.7 Å². The van der Waals surface area contributed by atoms with E-state index in [4.69, 9.17) is 26.0 Å². The summed E-state index contributed by atoms with van der Waals surface area (Å²) in [6.07, 6.45) is 3.33. The average Bonchev–Trinajstić information content (AvgIpc) is 3.20. The minimum absolute atomic E-state index is 0.271. The quantitative estimate of drug-likeness (QED) is 0.508. The zero-order valence-corrected chi connectivity index (χ0v) is 19.6. The molecule has 1 atom stereocenters. The van der Waals surface area contributed by atoms with Crippen LogP contribution in [0.4, 0.5) is 10.5 Å². The molecule has 1 aromatic carbocycles. The predicted molar refractivity (Wildman–Crippen MR) is 123 cm³/mol. The van der Waals surface area contributed by atoms with Crippen LogP contribution in [-0.4, -0.2) is 42.6 Å². The van der Waals surface area contributed by atoms with Crippen LogP contribution in [0.5, 0.6) is 0 Å². The van der Waals surface area contributed by atoms with E-state index in [1.54, 1.807) is 31.2 Å². The van der Waals surface area contributed by atoms with Crippen LogP contribution in [0.1, 0.15) is 44.6 Å². The van der Waals surface area contributed by atoms with Gasteiger partial charge in [0.2, 0.25) is 0 Å². The van der Waals surface area contributed by atoms with Gasteiger partial charge in [0.25, 0.3) is 0 Å². The Bertz CT molecular complexity index is 1140. The fraction of sp³-hybridized carbons (Fsp3) is 0.409. The van der Waals surface area contributed by atoms with Crippen LogP contribution in [0.3, 0.4) is 0 Å². The Morgan fingerprint density at radius 1 is 1.24 bits per heavy atom. The smallest absolute Gasteiger partial charge is 0.412 e. The summed E-state index contributed by atoms with van der Waals surface area (Å²) in [5.41, 5.74) is 2.69. The van der Waals surface area contributed by atoms with Crippen LogP contribution in [-0.2, 0) is 25.1 Å². The van der Waals surface area contributed by atoms with Gasteiger partial charge in [0.05, 0.1) is 17.9 Å². The Morgan fingerprint density at radius 3 is 2.61 bits per heavy atom. The third kappa shape index (κ3) is 7.06. The lowest BCUT2D eigenvalue weighted by atomic mass is 9.96. The Kier molecular flexibility index (Phi) is 8.15. The second kappa shape index (κ2) is 10.8. The summed E-state index contributed by atoms with van der Waals surface area (Å²) < 4.78 is 34.6. The number of anilines is 1. The number of carboxylic acids is 1. The van der Waals surface area contributed by atoms with Gasteiger partial charge in [0.1, 0.15) is 23.7 Å². The summed E-state index contributed by atoms with van der Waals surface area (Å²) in [5.74, 6) is -1.86. The summed E-state index contributed by atoms with van der Waals surface area (Å²) in [4.78, 5) is 23.0. The molecule has 0 fully saturated rings. The van der Waals surface area contributed by atoms with Crippen molar-refractivity contribution in [2.45, 2.75) is 50.9 Å². The number of ether oxygens (including phenoxy) is 1. The maximum absolute atomic E-state index is 12.4. The van der Waals surface area contributed by atoms with Crippen molar-refractivity contribution in [1.82, 2.24) is 5.16 Å². The number of carbonyl (C=O) groups is 2. The molecule has 0 bridgehead atoms. The number of aliphatic carboxylic acids is 1. The summed E-state index contributed by atoms with van der Waals surface area (Å²) in [6.45, 7) is 1.78. The topological polar surface area (TPSA) is 136 Å². The van der Waals surface area contributed by atoms with Crippen LogP contribution < -0.4 is 5.32 Å². The summed E-state index contributed by atoms with van der Waals surface area (Å²) >= 11 is 6.27. The lowest BCUT2D eigenvalue weighted by Crippen LogP contribution is -2.23. The number of allylic oxidation sites excluding steroid dienone is 1. The molecule has 2 N–H and O–H groups in total. The first-order chi connectivity index (χ1) is 15.6. The molecule has 33 heavy (non-hydrogen) atoms. The van der Waals surface area contributed by atoms with E-state index in [9.17, 15) is 18.0 Å². The highest BCUT2D eigenvalue weighted by molar-refractivity contribution is 7.90. The van der Waals surface area contributed by atoms with Gasteiger partial charge < -0.3 is 14.4 Å². The Labute approximate surface area is 196 Å². The van der Waals surface area contributed by atoms with Crippen molar-refractivity contribution < 1.29 is 32.4 Å². The van der Waals surface area contributed by atoms with E-state index in [1.165, 1.54) is 6.26 Å². The van der Waals surface area contributed by atoms with Gasteiger partial charge in [-0.05, 0) is 43.7 Å². The van der Waals surface area contributed by atoms with Crippen molar-refractivity contribution in [2.75, 3.05) is 11.1 Å². The second-order valence-corrected chi connectivity index (χ2v) is 10.5. The Hall–Kier alpha value is -2.85. The molecule has 1 aliphatic carbocycles. The van der Waals surface area contributed by atoms with Gasteiger partial charge in [-0.2, -0.15) is 0 Å². The standard InChI is InChI=1S/C22H25ClN2O7S/c1-14(17-4-2-3-5-18(17)23)32-22(28)24-19-12-31-25-21(19)16-8-6-15(7-9-16)13-33(29,30)11-10-20(26)27/h6-9,12,14H,2-5,10-11,13H2,1H3,(H,24,28)(H,26,27). The molecule has 0 saturated carbocycles. The highest BCUT2D eigenvalue weighted by Crippen LogP contribution is 2.31. The number of benzene rings is 1. The third-order valence-electron chi connectivity index (χ3n) is 5.26. The molecule has 9 nitrogen and oxygen atoms in total. The third-order valence-corrected chi connectivity index (χ3v) is 7.29. The fourth-order valence-electron chi connectivity index (χ4n) is 3.55. The van der Waals surface area contributed by atoms with Crippen LogP contribution >= 0.6 is 11.6 Å². The largest absolute Gasteiger partial charge is 0.481 e. The molecule has 0 saturated heterocycles. The molecule has 2 aromatic rings. The molecule has 1 aliphatic rings. The molecular formula is C22H25ClN2O7S. The highest BCUT2D eigenvalue weighted by atomic mass is 35.5. The maximum Gasteiger partial charge on any atom is 0.412 e. The maximum atomic E-state index is 12.4. The molecule has 178 valence electrons. The van der Waals surface area contributed by atoms with Gasteiger partial charge in [-0.25, -0.2) is 13.2 Å². The molecule has 3 rings (SSSR count). The van der Waals surface area contributed by atoms with Gasteiger partial charge in [0.15, 0.2) is 9.84 Å². The predicted octanol–water partition coefficient (Wildman–Crippen LogP) is 4.74. The van der Waals surface area contributed by atoms with Crippen molar-refractivity contribution in [3.63, 3.8) is 0 Å². The monoisotopic (exact) mass is 496 g/mol. The zero-order valence-electron chi connectivity index (χ0n) is 18.0. The number of rotatable bonds is 9. The number of amides is 1. The summed E-state index contributed by atoms with van der Waals surface area (Å²) in [5, 5.41) is 16.0. The normalized spacial score (nSPS) is 15.2. The first-order valence-corrected chi connectivity index (χ1v) is 12.7. The van der Waals surface area contributed by atoms with Crippen molar-refractivity contribution in [3.05, 3.63) is 46.7 Å². The molecule has 11 heteroatoms. The number of hydrogen-bond donors (Lipinski definition) is 2. The summed E-state index contributed by atoms with van der Waals surface area (Å²) in [7, 11) is -3.55. The van der Waals surface area contributed by atoms with Crippen LogP contribution in [0.2, 0.25) is 0 Å². The van der Waals surface area contributed by atoms with Crippen molar-refractivity contribution in [3.8, 4) is 11.3 Å². The zero-order chi connectivity index (χ0) is 24.0. The first-order valence-electron chi connectivity index (χ1n) is 10.5. The van der Waals surface area contributed by atoms with Crippen molar-refractivity contribution >= 4 is 39.2 Å². The second-order valence-electron chi connectivity index (χ2n) is 7.82. The number of hydrogen-bond acceptors (Lipinski definition) is 7. The number of nitrogens with zero attached hydrogens (tertiary/aromatic N) is 1.